The van der Waals surface area contributed by atoms with Crippen molar-refractivity contribution < 1.29 is 4.79 Å². The van der Waals surface area contributed by atoms with Gasteiger partial charge in [0.05, 0.1) is 30.2 Å². The number of aryl methyl sites for hydroxylation is 1. The predicted octanol–water partition coefficient (Wildman–Crippen LogP) is 6.37. The van der Waals surface area contributed by atoms with Crippen LogP contribution in [0.2, 0.25) is 0 Å². The molecule has 4 heteroatoms. The van der Waals surface area contributed by atoms with Crippen molar-refractivity contribution in [3.63, 3.8) is 0 Å². The molecule has 176 valence electrons. The van der Waals surface area contributed by atoms with E-state index in [0.29, 0.717) is 6.54 Å². The lowest BCUT2D eigenvalue weighted by Crippen LogP contribution is -2.32. The zero-order chi connectivity index (χ0) is 24.3. The van der Waals surface area contributed by atoms with Crippen LogP contribution in [0, 0.1) is 6.92 Å². The quantitative estimate of drug-likeness (QED) is 0.300. The van der Waals surface area contributed by atoms with Crippen LogP contribution in [0.1, 0.15) is 40.2 Å². The highest BCUT2D eigenvalue weighted by atomic mass is 16.2. The summed E-state index contributed by atoms with van der Waals surface area (Å²) in [4.78, 5) is 16.1. The smallest absolute Gasteiger partial charge is 0.238 e. The van der Waals surface area contributed by atoms with E-state index in [2.05, 4.69) is 89.5 Å². The average Bonchev–Trinajstić information content (AvgIpc) is 3.49. The molecule has 1 saturated carbocycles. The Labute approximate surface area is 210 Å². The van der Waals surface area contributed by atoms with Crippen LogP contribution in [0.25, 0.3) is 10.9 Å². The number of carbonyl (C=O) groups excluding carboxylic acids is 1. The Hall–Kier alpha value is -4.18. The second-order valence-corrected chi connectivity index (χ2v) is 10.2. The van der Waals surface area contributed by atoms with Gasteiger partial charge < -0.3 is 4.90 Å². The van der Waals surface area contributed by atoms with Crippen molar-refractivity contribution in [2.45, 2.75) is 37.8 Å². The van der Waals surface area contributed by atoms with Crippen molar-refractivity contribution in [1.82, 2.24) is 9.78 Å². The molecule has 2 heterocycles. The first kappa shape index (κ1) is 21.1. The van der Waals surface area contributed by atoms with Gasteiger partial charge in [0.1, 0.15) is 0 Å². The Morgan fingerprint density at radius 3 is 2.33 bits per heavy atom. The standard InChI is InChI=1S/C32H27N3O/c1-22-12-15-29-27(16-22)32(31(36)34(29)20-23-8-4-2-5-9-23)18-28(32)25-13-14-26-19-33-35(30(26)17-25)21-24-10-6-3-7-11-24/h2-17,19,28H,18,20-21H2,1H3. The number of hydrogen-bond donors (Lipinski definition) is 0. The fourth-order valence-corrected chi connectivity index (χ4v) is 6.02. The topological polar surface area (TPSA) is 38.1 Å². The normalized spacial score (nSPS) is 20.3. The molecule has 1 aliphatic heterocycles. The van der Waals surface area contributed by atoms with E-state index in [1.165, 1.54) is 22.3 Å². The van der Waals surface area contributed by atoms with Crippen LogP contribution in [0.3, 0.4) is 0 Å². The van der Waals surface area contributed by atoms with E-state index in [1.54, 1.807) is 0 Å². The molecule has 1 aliphatic carbocycles. The second-order valence-electron chi connectivity index (χ2n) is 10.2. The van der Waals surface area contributed by atoms with Gasteiger partial charge >= 0.3 is 0 Å². The number of amides is 1. The largest absolute Gasteiger partial charge is 0.307 e. The molecule has 4 aromatic carbocycles. The van der Waals surface area contributed by atoms with E-state index >= 15 is 0 Å². The summed E-state index contributed by atoms with van der Waals surface area (Å²) in [6.07, 6.45) is 2.79. The number of fused-ring (bicyclic) bond motifs is 3. The van der Waals surface area contributed by atoms with Gasteiger partial charge in [0.2, 0.25) is 5.91 Å². The molecule has 1 fully saturated rings. The molecule has 0 N–H and O–H groups in total. The Bertz CT molecular complexity index is 1610. The highest BCUT2D eigenvalue weighted by Crippen LogP contribution is 2.66. The monoisotopic (exact) mass is 469 g/mol. The number of rotatable bonds is 5. The Morgan fingerprint density at radius 1 is 0.861 bits per heavy atom. The third-order valence-electron chi connectivity index (χ3n) is 7.94. The van der Waals surface area contributed by atoms with E-state index in [-0.39, 0.29) is 11.8 Å². The SMILES string of the molecule is Cc1ccc2c(c1)C1(CC1c1ccc3cnn(Cc4ccccc4)c3c1)C(=O)N2Cc1ccccc1. The van der Waals surface area contributed by atoms with Crippen LogP contribution in [0.15, 0.2) is 103 Å². The summed E-state index contributed by atoms with van der Waals surface area (Å²) in [7, 11) is 0. The van der Waals surface area contributed by atoms with Gasteiger partial charge in [0.25, 0.3) is 0 Å². The molecule has 5 aromatic rings. The van der Waals surface area contributed by atoms with Crippen molar-refractivity contribution in [3.05, 3.63) is 131 Å². The van der Waals surface area contributed by atoms with Gasteiger partial charge in [-0.05, 0) is 47.7 Å². The van der Waals surface area contributed by atoms with Crippen LogP contribution in [-0.4, -0.2) is 15.7 Å². The van der Waals surface area contributed by atoms with Gasteiger partial charge in [0, 0.05) is 17.0 Å². The summed E-state index contributed by atoms with van der Waals surface area (Å²) in [5, 5.41) is 5.79. The lowest BCUT2D eigenvalue weighted by atomic mass is 9.91. The fraction of sp³-hybridized carbons (Fsp3) is 0.188. The number of benzene rings is 4. The van der Waals surface area contributed by atoms with Crippen molar-refractivity contribution in [1.29, 1.82) is 0 Å². The average molecular weight is 470 g/mol. The van der Waals surface area contributed by atoms with Gasteiger partial charge in [-0.2, -0.15) is 5.10 Å². The fourth-order valence-electron chi connectivity index (χ4n) is 6.02. The van der Waals surface area contributed by atoms with Crippen LogP contribution in [-0.2, 0) is 23.3 Å². The molecule has 1 aromatic heterocycles. The maximum Gasteiger partial charge on any atom is 0.238 e. The summed E-state index contributed by atoms with van der Waals surface area (Å²) in [5.41, 5.74) is 7.70. The molecule has 4 nitrogen and oxygen atoms in total. The van der Waals surface area contributed by atoms with Gasteiger partial charge in [0.15, 0.2) is 0 Å². The minimum absolute atomic E-state index is 0.177. The number of aromatic nitrogens is 2. The lowest BCUT2D eigenvalue weighted by Gasteiger charge is -2.18. The molecular weight excluding hydrogens is 442 g/mol. The van der Waals surface area contributed by atoms with E-state index in [0.717, 1.165) is 35.1 Å². The third kappa shape index (κ3) is 3.21. The summed E-state index contributed by atoms with van der Waals surface area (Å²) in [5.74, 6) is 0.408. The Balaban J connectivity index is 1.26. The van der Waals surface area contributed by atoms with Crippen LogP contribution >= 0.6 is 0 Å². The minimum Gasteiger partial charge on any atom is -0.307 e. The maximum absolute atomic E-state index is 14.1. The van der Waals surface area contributed by atoms with E-state index in [4.69, 9.17) is 0 Å². The van der Waals surface area contributed by atoms with E-state index < -0.39 is 5.41 Å². The van der Waals surface area contributed by atoms with E-state index in [1.807, 2.05) is 35.4 Å². The molecule has 7 rings (SSSR count). The summed E-state index contributed by atoms with van der Waals surface area (Å²) in [6, 6.07) is 33.8. The van der Waals surface area contributed by atoms with Crippen molar-refractivity contribution >= 4 is 22.5 Å². The zero-order valence-electron chi connectivity index (χ0n) is 20.3. The van der Waals surface area contributed by atoms with Crippen molar-refractivity contribution in [3.8, 4) is 0 Å². The van der Waals surface area contributed by atoms with Crippen LogP contribution in [0.5, 0.6) is 0 Å². The van der Waals surface area contributed by atoms with Crippen molar-refractivity contribution in [2.75, 3.05) is 4.90 Å². The maximum atomic E-state index is 14.1. The molecule has 0 radical (unpaired) electrons. The molecule has 2 atom stereocenters. The highest BCUT2D eigenvalue weighted by Gasteiger charge is 2.67. The first-order valence-electron chi connectivity index (χ1n) is 12.6. The van der Waals surface area contributed by atoms with Gasteiger partial charge in [-0.25, -0.2) is 0 Å². The van der Waals surface area contributed by atoms with Gasteiger partial charge in [-0.1, -0.05) is 90.5 Å². The van der Waals surface area contributed by atoms with Crippen molar-refractivity contribution in [2.24, 2.45) is 0 Å². The molecular formula is C32H27N3O. The highest BCUT2D eigenvalue weighted by molar-refractivity contribution is 6.11. The van der Waals surface area contributed by atoms with Gasteiger partial charge in [-0.15, -0.1) is 0 Å². The Morgan fingerprint density at radius 2 is 1.58 bits per heavy atom. The molecule has 1 spiro atoms. The summed E-state index contributed by atoms with van der Waals surface area (Å²) >= 11 is 0. The predicted molar refractivity (Wildman–Crippen MR) is 143 cm³/mol. The van der Waals surface area contributed by atoms with E-state index in [9.17, 15) is 4.79 Å². The number of nitrogens with zero attached hydrogens (tertiary/aromatic N) is 3. The molecule has 0 bridgehead atoms. The zero-order valence-corrected chi connectivity index (χ0v) is 20.3. The summed E-state index contributed by atoms with van der Waals surface area (Å²) < 4.78 is 2.07. The first-order valence-corrected chi connectivity index (χ1v) is 12.6. The summed E-state index contributed by atoms with van der Waals surface area (Å²) in [6.45, 7) is 3.45. The number of hydrogen-bond acceptors (Lipinski definition) is 2. The molecule has 2 unspecified atom stereocenters. The molecule has 2 aliphatic rings. The minimum atomic E-state index is -0.464. The number of anilines is 1. The van der Waals surface area contributed by atoms with Gasteiger partial charge in [-0.3, -0.25) is 9.48 Å². The Kier molecular flexibility index (Phi) is 4.65. The van der Waals surface area contributed by atoms with Crippen LogP contribution in [0.4, 0.5) is 5.69 Å². The van der Waals surface area contributed by atoms with Crippen LogP contribution < -0.4 is 4.90 Å². The first-order chi connectivity index (χ1) is 17.6. The number of carbonyl (C=O) groups is 1. The molecule has 1 amide bonds. The third-order valence-corrected chi connectivity index (χ3v) is 7.94. The second kappa shape index (κ2) is 7.92. The molecule has 36 heavy (non-hydrogen) atoms. The molecule has 0 saturated heterocycles. The lowest BCUT2D eigenvalue weighted by molar-refractivity contribution is -0.120.